The number of hydrogen-bond acceptors (Lipinski definition) is 2. The molecular formula is C16H22F3NO. The SMILES string of the molecule is CCCNC(CC(F)(F)F)c1ccc2c(c1)C(C)(C)CO2. The summed E-state index contributed by atoms with van der Waals surface area (Å²) in [5, 5.41) is 3.00. The molecule has 1 aromatic carbocycles. The van der Waals surface area contributed by atoms with Crippen LogP contribution in [-0.4, -0.2) is 19.3 Å². The van der Waals surface area contributed by atoms with E-state index in [0.29, 0.717) is 18.7 Å². The summed E-state index contributed by atoms with van der Waals surface area (Å²) in [4.78, 5) is 0. The van der Waals surface area contributed by atoms with Gasteiger partial charge in [-0.25, -0.2) is 0 Å². The zero-order valence-electron chi connectivity index (χ0n) is 12.7. The first kappa shape index (κ1) is 16.1. The van der Waals surface area contributed by atoms with E-state index in [2.05, 4.69) is 5.32 Å². The number of benzene rings is 1. The molecule has 0 radical (unpaired) electrons. The Morgan fingerprint density at radius 1 is 1.33 bits per heavy atom. The molecule has 0 fully saturated rings. The van der Waals surface area contributed by atoms with Crippen molar-refractivity contribution >= 4 is 0 Å². The van der Waals surface area contributed by atoms with Crippen LogP contribution >= 0.6 is 0 Å². The first-order chi connectivity index (χ1) is 9.73. The fraction of sp³-hybridized carbons (Fsp3) is 0.625. The van der Waals surface area contributed by atoms with E-state index in [4.69, 9.17) is 4.74 Å². The van der Waals surface area contributed by atoms with Crippen LogP contribution in [0.1, 0.15) is 50.8 Å². The summed E-state index contributed by atoms with van der Waals surface area (Å²) in [5.74, 6) is 0.782. The van der Waals surface area contributed by atoms with Crippen LogP contribution in [0.4, 0.5) is 13.2 Å². The highest BCUT2D eigenvalue weighted by atomic mass is 19.4. The zero-order chi connectivity index (χ0) is 15.7. The van der Waals surface area contributed by atoms with E-state index in [1.54, 1.807) is 12.1 Å². The van der Waals surface area contributed by atoms with Gasteiger partial charge in [-0.15, -0.1) is 0 Å². The fourth-order valence-corrected chi connectivity index (χ4v) is 2.61. The number of nitrogens with one attached hydrogen (secondary N) is 1. The molecule has 0 amide bonds. The number of hydrogen-bond donors (Lipinski definition) is 1. The van der Waals surface area contributed by atoms with Gasteiger partial charge in [0.05, 0.1) is 13.0 Å². The minimum atomic E-state index is -4.18. The van der Waals surface area contributed by atoms with Gasteiger partial charge < -0.3 is 10.1 Å². The topological polar surface area (TPSA) is 21.3 Å². The third-order valence-corrected chi connectivity index (χ3v) is 3.80. The van der Waals surface area contributed by atoms with Crippen molar-refractivity contribution in [1.29, 1.82) is 0 Å². The Labute approximate surface area is 123 Å². The molecule has 1 aliphatic rings. The maximum atomic E-state index is 12.8. The van der Waals surface area contributed by atoms with Crippen molar-refractivity contribution in [3.05, 3.63) is 29.3 Å². The maximum Gasteiger partial charge on any atom is 0.390 e. The molecule has 0 saturated heterocycles. The lowest BCUT2D eigenvalue weighted by molar-refractivity contribution is -0.140. The number of rotatable bonds is 5. The van der Waals surface area contributed by atoms with Crippen LogP contribution in [0.15, 0.2) is 18.2 Å². The molecule has 0 aliphatic carbocycles. The lowest BCUT2D eigenvalue weighted by atomic mass is 9.85. The van der Waals surface area contributed by atoms with Crippen molar-refractivity contribution in [2.45, 2.75) is 51.2 Å². The van der Waals surface area contributed by atoms with Crippen molar-refractivity contribution in [2.75, 3.05) is 13.2 Å². The van der Waals surface area contributed by atoms with E-state index >= 15 is 0 Å². The smallest absolute Gasteiger partial charge is 0.390 e. The number of alkyl halides is 3. The highest BCUT2D eigenvalue weighted by Crippen LogP contribution is 2.40. The Morgan fingerprint density at radius 3 is 2.67 bits per heavy atom. The van der Waals surface area contributed by atoms with Crippen LogP contribution in [0.3, 0.4) is 0 Å². The quantitative estimate of drug-likeness (QED) is 0.873. The lowest BCUT2D eigenvalue weighted by Crippen LogP contribution is -2.27. The van der Waals surface area contributed by atoms with Crippen molar-refractivity contribution in [3.63, 3.8) is 0 Å². The molecule has 2 nitrogen and oxygen atoms in total. The van der Waals surface area contributed by atoms with Crippen LogP contribution in [0.2, 0.25) is 0 Å². The molecule has 21 heavy (non-hydrogen) atoms. The third-order valence-electron chi connectivity index (χ3n) is 3.80. The fourth-order valence-electron chi connectivity index (χ4n) is 2.61. The van der Waals surface area contributed by atoms with Gasteiger partial charge in [0.2, 0.25) is 0 Å². The van der Waals surface area contributed by atoms with Gasteiger partial charge in [-0.3, -0.25) is 0 Å². The molecule has 1 aliphatic heterocycles. The van der Waals surface area contributed by atoms with Gasteiger partial charge >= 0.3 is 6.18 Å². The van der Waals surface area contributed by atoms with Crippen LogP contribution in [0.5, 0.6) is 5.75 Å². The first-order valence-electron chi connectivity index (χ1n) is 7.30. The van der Waals surface area contributed by atoms with E-state index in [1.807, 2.05) is 26.8 Å². The van der Waals surface area contributed by atoms with Gasteiger partial charge in [0, 0.05) is 17.0 Å². The molecular weight excluding hydrogens is 279 g/mol. The van der Waals surface area contributed by atoms with Gasteiger partial charge in [-0.05, 0) is 30.7 Å². The van der Waals surface area contributed by atoms with Gasteiger partial charge in [-0.2, -0.15) is 13.2 Å². The molecule has 5 heteroatoms. The Kier molecular flexibility index (Phi) is 4.51. The van der Waals surface area contributed by atoms with Crippen molar-refractivity contribution < 1.29 is 17.9 Å². The highest BCUT2D eigenvalue weighted by molar-refractivity contribution is 5.45. The molecule has 0 aromatic heterocycles. The van der Waals surface area contributed by atoms with E-state index in [9.17, 15) is 13.2 Å². The summed E-state index contributed by atoms with van der Waals surface area (Å²) >= 11 is 0. The second-order valence-corrected chi connectivity index (χ2v) is 6.25. The summed E-state index contributed by atoms with van der Waals surface area (Å²) in [6.45, 7) is 7.16. The summed E-state index contributed by atoms with van der Waals surface area (Å²) in [7, 11) is 0. The maximum absolute atomic E-state index is 12.8. The van der Waals surface area contributed by atoms with Gasteiger partial charge in [0.25, 0.3) is 0 Å². The Balaban J connectivity index is 2.28. The minimum absolute atomic E-state index is 0.154. The summed E-state index contributed by atoms with van der Waals surface area (Å²) in [6.07, 6.45) is -4.24. The third kappa shape index (κ3) is 3.90. The molecule has 1 aromatic rings. The Hall–Kier alpha value is -1.23. The lowest BCUT2D eigenvalue weighted by Gasteiger charge is -2.22. The predicted molar refractivity (Wildman–Crippen MR) is 76.7 cm³/mol. The van der Waals surface area contributed by atoms with Gasteiger partial charge in [0.15, 0.2) is 0 Å². The summed E-state index contributed by atoms with van der Waals surface area (Å²) < 4.78 is 43.9. The monoisotopic (exact) mass is 301 g/mol. The number of halogens is 3. The second-order valence-electron chi connectivity index (χ2n) is 6.25. The molecule has 118 valence electrons. The van der Waals surface area contributed by atoms with Crippen molar-refractivity contribution in [1.82, 2.24) is 5.32 Å². The van der Waals surface area contributed by atoms with Crippen LogP contribution in [0, 0.1) is 0 Å². The predicted octanol–water partition coefficient (Wildman–Crippen LogP) is 4.35. The van der Waals surface area contributed by atoms with E-state index < -0.39 is 18.6 Å². The molecule has 0 spiro atoms. The van der Waals surface area contributed by atoms with Gasteiger partial charge in [0.1, 0.15) is 5.75 Å². The highest BCUT2D eigenvalue weighted by Gasteiger charge is 2.35. The summed E-state index contributed by atoms with van der Waals surface area (Å²) in [5.41, 5.74) is 1.52. The molecule has 0 bridgehead atoms. The number of ether oxygens (including phenoxy) is 1. The zero-order valence-corrected chi connectivity index (χ0v) is 12.7. The molecule has 1 unspecified atom stereocenters. The molecule has 0 saturated carbocycles. The molecule has 2 rings (SSSR count). The molecule has 1 heterocycles. The van der Waals surface area contributed by atoms with Crippen molar-refractivity contribution in [3.8, 4) is 5.75 Å². The van der Waals surface area contributed by atoms with E-state index in [1.165, 1.54) is 0 Å². The average molecular weight is 301 g/mol. The molecule has 1 N–H and O–H groups in total. The van der Waals surface area contributed by atoms with E-state index in [0.717, 1.165) is 17.7 Å². The second kappa shape index (κ2) is 5.87. The van der Waals surface area contributed by atoms with Gasteiger partial charge in [-0.1, -0.05) is 26.8 Å². The van der Waals surface area contributed by atoms with Crippen LogP contribution in [0.25, 0.3) is 0 Å². The Bertz CT molecular complexity index is 497. The molecule has 1 atom stereocenters. The van der Waals surface area contributed by atoms with Crippen LogP contribution in [-0.2, 0) is 5.41 Å². The van der Waals surface area contributed by atoms with E-state index in [-0.39, 0.29) is 5.41 Å². The minimum Gasteiger partial charge on any atom is -0.492 e. The number of fused-ring (bicyclic) bond motifs is 1. The first-order valence-corrected chi connectivity index (χ1v) is 7.30. The van der Waals surface area contributed by atoms with Crippen LogP contribution < -0.4 is 10.1 Å². The Morgan fingerprint density at radius 2 is 2.05 bits per heavy atom. The average Bonchev–Trinajstić information content (AvgIpc) is 2.69. The standard InChI is InChI=1S/C16H22F3NO/c1-4-7-20-13(9-16(17,18)19)11-5-6-14-12(8-11)15(2,3)10-21-14/h5-6,8,13,20H,4,7,9-10H2,1-3H3. The largest absolute Gasteiger partial charge is 0.492 e. The normalized spacial score (nSPS) is 18.2. The van der Waals surface area contributed by atoms with Crippen molar-refractivity contribution in [2.24, 2.45) is 0 Å². The summed E-state index contributed by atoms with van der Waals surface area (Å²) in [6, 6.07) is 4.68.